The summed E-state index contributed by atoms with van der Waals surface area (Å²) in [6.07, 6.45) is 0.313. The van der Waals surface area contributed by atoms with Crippen molar-refractivity contribution in [2.45, 2.75) is 32.2 Å². The van der Waals surface area contributed by atoms with Gasteiger partial charge in [0.25, 0.3) is 0 Å². The highest BCUT2D eigenvalue weighted by Crippen LogP contribution is 2.51. The predicted molar refractivity (Wildman–Crippen MR) is 64.1 cm³/mol. The second kappa shape index (κ2) is 4.19. The molecule has 0 aliphatic carbocycles. The van der Waals surface area contributed by atoms with Gasteiger partial charge in [-0.25, -0.2) is 4.79 Å². The Morgan fingerprint density at radius 3 is 2.53 bits per heavy atom. The quantitative estimate of drug-likeness (QED) is 0.676. The van der Waals surface area contributed by atoms with E-state index in [9.17, 15) is 20.1 Å². The van der Waals surface area contributed by atoms with E-state index in [-0.39, 0.29) is 23.6 Å². The number of aliphatic hydroxyl groups is 2. The van der Waals surface area contributed by atoms with Crippen molar-refractivity contribution in [1.82, 2.24) is 4.90 Å². The molecule has 0 bridgehead atoms. The van der Waals surface area contributed by atoms with Gasteiger partial charge in [0.05, 0.1) is 12.0 Å². The van der Waals surface area contributed by atoms with E-state index >= 15 is 0 Å². The van der Waals surface area contributed by atoms with Crippen LogP contribution < -0.4 is 0 Å². The van der Waals surface area contributed by atoms with Crippen LogP contribution in [0, 0.1) is 11.8 Å². The van der Waals surface area contributed by atoms with Gasteiger partial charge in [-0.15, -0.1) is 11.8 Å². The molecular formula is C11H17NO4S. The average molecular weight is 259 g/mol. The molecule has 5 unspecified atom stereocenters. The van der Waals surface area contributed by atoms with Gasteiger partial charge in [0.1, 0.15) is 11.9 Å². The first-order valence-electron chi connectivity index (χ1n) is 5.57. The summed E-state index contributed by atoms with van der Waals surface area (Å²) >= 11 is 1.40. The van der Waals surface area contributed by atoms with E-state index in [0.717, 1.165) is 4.91 Å². The summed E-state index contributed by atoms with van der Waals surface area (Å²) in [5, 5.41) is 28.8. The lowest BCUT2D eigenvalue weighted by molar-refractivity contribution is -0.192. The van der Waals surface area contributed by atoms with Gasteiger partial charge in [-0.05, 0) is 13.2 Å². The number of carboxylic acids is 1. The molecule has 3 N–H and O–H groups in total. The van der Waals surface area contributed by atoms with Gasteiger partial charge < -0.3 is 20.2 Å². The lowest BCUT2D eigenvalue weighted by Crippen LogP contribution is -2.66. The Balaban J connectivity index is 2.35. The molecule has 1 fully saturated rings. The Labute approximate surface area is 104 Å². The van der Waals surface area contributed by atoms with E-state index < -0.39 is 18.3 Å². The summed E-state index contributed by atoms with van der Waals surface area (Å²) in [7, 11) is 0. The maximum atomic E-state index is 11.2. The number of carbonyl (C=O) groups is 1. The molecule has 0 aromatic heterocycles. The van der Waals surface area contributed by atoms with Gasteiger partial charge in [0, 0.05) is 16.9 Å². The molecule has 2 aliphatic rings. The van der Waals surface area contributed by atoms with E-state index in [2.05, 4.69) is 0 Å². The Bertz CT molecular complexity index is 382. The first-order chi connectivity index (χ1) is 7.91. The Hall–Kier alpha value is -0.720. The average Bonchev–Trinajstić information content (AvgIpc) is 2.47. The van der Waals surface area contributed by atoms with Crippen molar-refractivity contribution in [3.63, 3.8) is 0 Å². The first kappa shape index (κ1) is 12.7. The molecule has 2 rings (SSSR count). The van der Waals surface area contributed by atoms with Crippen LogP contribution in [0.25, 0.3) is 0 Å². The molecule has 5 atom stereocenters. The highest BCUT2D eigenvalue weighted by atomic mass is 32.2. The molecule has 96 valence electrons. The third kappa shape index (κ3) is 1.58. The van der Waals surface area contributed by atoms with Crippen molar-refractivity contribution >= 4 is 17.7 Å². The zero-order valence-corrected chi connectivity index (χ0v) is 10.8. The third-order valence-corrected chi connectivity index (χ3v) is 4.75. The van der Waals surface area contributed by atoms with Crippen LogP contribution in [0.1, 0.15) is 13.8 Å². The fourth-order valence-corrected chi connectivity index (χ4v) is 3.91. The summed E-state index contributed by atoms with van der Waals surface area (Å²) in [5.74, 6) is -1.24. The Kier molecular flexibility index (Phi) is 3.14. The molecule has 5 nitrogen and oxygen atoms in total. The van der Waals surface area contributed by atoms with Gasteiger partial charge in [-0.3, -0.25) is 0 Å². The second-order valence-electron chi connectivity index (χ2n) is 4.64. The molecule has 0 aromatic rings. The summed E-state index contributed by atoms with van der Waals surface area (Å²) in [4.78, 5) is 13.5. The molecule has 0 amide bonds. The third-order valence-electron chi connectivity index (χ3n) is 3.74. The van der Waals surface area contributed by atoms with Gasteiger partial charge in [-0.1, -0.05) is 6.92 Å². The number of hydrogen-bond donors (Lipinski definition) is 3. The van der Waals surface area contributed by atoms with E-state index in [1.54, 1.807) is 6.92 Å². The lowest BCUT2D eigenvalue weighted by Gasteiger charge is -2.53. The second-order valence-corrected chi connectivity index (χ2v) is 5.49. The highest BCUT2D eigenvalue weighted by Gasteiger charge is 2.59. The maximum absolute atomic E-state index is 11.2. The van der Waals surface area contributed by atoms with Gasteiger partial charge >= 0.3 is 5.97 Å². The molecule has 0 spiro atoms. The number of thioether (sulfide) groups is 1. The van der Waals surface area contributed by atoms with Crippen LogP contribution >= 0.6 is 11.8 Å². The molecule has 2 heterocycles. The number of fused-ring (bicyclic) bond motifs is 1. The number of aliphatic hydroxyl groups excluding tert-OH is 2. The van der Waals surface area contributed by atoms with E-state index in [1.165, 1.54) is 16.7 Å². The van der Waals surface area contributed by atoms with Crippen LogP contribution in [0.2, 0.25) is 0 Å². The van der Waals surface area contributed by atoms with Crippen molar-refractivity contribution < 1.29 is 20.1 Å². The smallest absolute Gasteiger partial charge is 0.353 e. The minimum absolute atomic E-state index is 0.0408. The molecule has 0 radical (unpaired) electrons. The van der Waals surface area contributed by atoms with Crippen LogP contribution in [-0.2, 0) is 4.79 Å². The number of aliphatic carboxylic acids is 1. The predicted octanol–water partition coefficient (Wildman–Crippen LogP) is 0.295. The molecular weight excluding hydrogens is 242 g/mol. The molecule has 2 aliphatic heterocycles. The summed E-state index contributed by atoms with van der Waals surface area (Å²) in [5.41, 5.74) is 0.194. The standard InChI is InChI=1S/C11H17NO4S/c1-4-7-6(5(2)13)10(14)12(7)8(11(15)16)9(4)17-3/h4-7,10,13-14H,1-3H3,(H,15,16). The van der Waals surface area contributed by atoms with E-state index in [1.807, 2.05) is 13.2 Å². The zero-order valence-electron chi connectivity index (χ0n) is 9.99. The Morgan fingerprint density at radius 2 is 2.12 bits per heavy atom. The van der Waals surface area contributed by atoms with Crippen LogP contribution in [0.3, 0.4) is 0 Å². The maximum Gasteiger partial charge on any atom is 0.353 e. The fourth-order valence-electron chi connectivity index (χ4n) is 3.01. The van der Waals surface area contributed by atoms with E-state index in [4.69, 9.17) is 0 Å². The van der Waals surface area contributed by atoms with Crippen molar-refractivity contribution in [1.29, 1.82) is 0 Å². The molecule has 0 saturated carbocycles. The number of rotatable bonds is 3. The zero-order chi connectivity index (χ0) is 12.9. The Morgan fingerprint density at radius 1 is 1.53 bits per heavy atom. The summed E-state index contributed by atoms with van der Waals surface area (Å²) in [6, 6.07) is -0.0986. The lowest BCUT2D eigenvalue weighted by atomic mass is 9.78. The van der Waals surface area contributed by atoms with Crippen molar-refractivity contribution in [3.8, 4) is 0 Å². The van der Waals surface area contributed by atoms with Crippen molar-refractivity contribution in [2.75, 3.05) is 6.26 Å². The molecule has 0 aromatic carbocycles. The van der Waals surface area contributed by atoms with Crippen LogP contribution in [0.4, 0.5) is 0 Å². The topological polar surface area (TPSA) is 81.0 Å². The van der Waals surface area contributed by atoms with Crippen LogP contribution in [-0.4, -0.2) is 50.8 Å². The summed E-state index contributed by atoms with van der Waals surface area (Å²) < 4.78 is 0. The number of hydrogen-bond acceptors (Lipinski definition) is 5. The summed E-state index contributed by atoms with van der Waals surface area (Å²) in [6.45, 7) is 3.58. The minimum Gasteiger partial charge on any atom is -0.477 e. The molecule has 17 heavy (non-hydrogen) atoms. The van der Waals surface area contributed by atoms with Crippen LogP contribution in [0.15, 0.2) is 10.6 Å². The van der Waals surface area contributed by atoms with Crippen LogP contribution in [0.5, 0.6) is 0 Å². The minimum atomic E-state index is -1.01. The van der Waals surface area contributed by atoms with Crippen molar-refractivity contribution in [3.05, 3.63) is 10.6 Å². The van der Waals surface area contributed by atoms with E-state index in [0.29, 0.717) is 0 Å². The molecule has 6 heteroatoms. The highest BCUT2D eigenvalue weighted by molar-refractivity contribution is 8.02. The van der Waals surface area contributed by atoms with Gasteiger partial charge in [0.15, 0.2) is 0 Å². The van der Waals surface area contributed by atoms with Gasteiger partial charge in [0.2, 0.25) is 0 Å². The number of carboxylic acid groups (broad SMARTS) is 1. The largest absolute Gasteiger partial charge is 0.477 e. The normalized spacial score (nSPS) is 37.8. The monoisotopic (exact) mass is 259 g/mol. The SMILES string of the molecule is CSC1=C(C(=O)O)N2C(O)C(C(C)O)C2C1C. The number of nitrogens with zero attached hydrogens (tertiary/aromatic N) is 1. The molecule has 1 saturated heterocycles. The first-order valence-corrected chi connectivity index (χ1v) is 6.80. The van der Waals surface area contributed by atoms with Crippen molar-refractivity contribution in [2.24, 2.45) is 11.8 Å². The van der Waals surface area contributed by atoms with Gasteiger partial charge in [-0.2, -0.15) is 0 Å². The fraction of sp³-hybridized carbons (Fsp3) is 0.727.